The highest BCUT2D eigenvalue weighted by Crippen LogP contribution is 2.30. The smallest absolute Gasteiger partial charge is 0.266 e. The van der Waals surface area contributed by atoms with E-state index in [2.05, 4.69) is 10.6 Å². The van der Waals surface area contributed by atoms with Crippen LogP contribution in [0.1, 0.15) is 17.5 Å². The molecule has 24 heavy (non-hydrogen) atoms. The summed E-state index contributed by atoms with van der Waals surface area (Å²) in [6.45, 7) is 2.28. The molecule has 1 unspecified atom stereocenters. The molecule has 0 radical (unpaired) electrons. The summed E-state index contributed by atoms with van der Waals surface area (Å²) >= 11 is 5.91. The Labute approximate surface area is 145 Å². The van der Waals surface area contributed by atoms with Crippen LogP contribution in [0.4, 0.5) is 5.69 Å². The van der Waals surface area contributed by atoms with E-state index in [0.717, 1.165) is 11.1 Å². The second kappa shape index (κ2) is 6.93. The fourth-order valence-electron chi connectivity index (χ4n) is 2.49. The first-order valence-electron chi connectivity index (χ1n) is 7.60. The van der Waals surface area contributed by atoms with E-state index < -0.39 is 6.10 Å². The fourth-order valence-corrected chi connectivity index (χ4v) is 2.70. The second-order valence-corrected chi connectivity index (χ2v) is 6.14. The number of aryl methyl sites for hydroxylation is 1. The number of carbonyl (C=O) groups excluding carboxylic acids is 2. The summed E-state index contributed by atoms with van der Waals surface area (Å²) in [4.78, 5) is 24.2. The van der Waals surface area contributed by atoms with Crippen molar-refractivity contribution in [1.82, 2.24) is 5.32 Å². The average molecular weight is 345 g/mol. The molecule has 2 aromatic carbocycles. The minimum Gasteiger partial charge on any atom is -0.478 e. The Bertz CT molecular complexity index is 792. The molecule has 5 nitrogen and oxygen atoms in total. The molecule has 124 valence electrons. The quantitative estimate of drug-likeness (QED) is 0.895. The SMILES string of the molecule is Cc1ccc2c(c1)NC(=O)C(CC(=O)NCc1cccc(Cl)c1)O2. The average Bonchev–Trinajstić information content (AvgIpc) is 2.54. The number of hydrogen-bond acceptors (Lipinski definition) is 3. The summed E-state index contributed by atoms with van der Waals surface area (Å²) in [7, 11) is 0. The molecule has 1 aliphatic rings. The van der Waals surface area contributed by atoms with Gasteiger partial charge in [-0.15, -0.1) is 0 Å². The molecule has 1 heterocycles. The summed E-state index contributed by atoms with van der Waals surface area (Å²) in [5.41, 5.74) is 2.55. The Balaban J connectivity index is 1.58. The highest BCUT2D eigenvalue weighted by atomic mass is 35.5. The summed E-state index contributed by atoms with van der Waals surface area (Å²) in [6.07, 6.45) is -0.876. The van der Waals surface area contributed by atoms with Crippen molar-refractivity contribution in [2.45, 2.75) is 26.0 Å². The number of anilines is 1. The molecule has 2 aromatic rings. The van der Waals surface area contributed by atoms with E-state index >= 15 is 0 Å². The van der Waals surface area contributed by atoms with Crippen LogP contribution in [-0.2, 0) is 16.1 Å². The van der Waals surface area contributed by atoms with Crippen molar-refractivity contribution < 1.29 is 14.3 Å². The minimum absolute atomic E-state index is 0.0419. The van der Waals surface area contributed by atoms with Crippen molar-refractivity contribution >= 4 is 29.1 Å². The molecule has 0 spiro atoms. The lowest BCUT2D eigenvalue weighted by Crippen LogP contribution is -2.40. The largest absolute Gasteiger partial charge is 0.478 e. The Morgan fingerprint density at radius 3 is 2.92 bits per heavy atom. The Morgan fingerprint density at radius 1 is 1.29 bits per heavy atom. The lowest BCUT2D eigenvalue weighted by atomic mass is 10.1. The zero-order valence-corrected chi connectivity index (χ0v) is 13.9. The van der Waals surface area contributed by atoms with E-state index in [-0.39, 0.29) is 18.2 Å². The first kappa shape index (κ1) is 16.3. The van der Waals surface area contributed by atoms with E-state index in [1.54, 1.807) is 18.2 Å². The second-order valence-electron chi connectivity index (χ2n) is 5.71. The van der Waals surface area contributed by atoms with E-state index in [1.165, 1.54) is 0 Å². The van der Waals surface area contributed by atoms with Crippen molar-refractivity contribution in [3.8, 4) is 5.75 Å². The molecule has 0 aromatic heterocycles. The van der Waals surface area contributed by atoms with Gasteiger partial charge in [-0.2, -0.15) is 0 Å². The third-order valence-corrected chi connectivity index (χ3v) is 3.94. The minimum atomic E-state index is -0.834. The number of fused-ring (bicyclic) bond motifs is 1. The summed E-state index contributed by atoms with van der Waals surface area (Å²) in [5, 5.41) is 6.16. The van der Waals surface area contributed by atoms with Gasteiger partial charge in [0.25, 0.3) is 5.91 Å². The fraction of sp³-hybridized carbons (Fsp3) is 0.222. The van der Waals surface area contributed by atoms with E-state index in [4.69, 9.17) is 16.3 Å². The zero-order chi connectivity index (χ0) is 17.1. The van der Waals surface area contributed by atoms with Crippen molar-refractivity contribution in [3.63, 3.8) is 0 Å². The van der Waals surface area contributed by atoms with Gasteiger partial charge in [0, 0.05) is 11.6 Å². The van der Waals surface area contributed by atoms with Crippen LogP contribution in [0.2, 0.25) is 5.02 Å². The number of ether oxygens (including phenoxy) is 1. The maximum Gasteiger partial charge on any atom is 0.266 e. The first-order chi connectivity index (χ1) is 11.5. The maximum atomic E-state index is 12.1. The predicted octanol–water partition coefficient (Wildman–Crippen LogP) is 3.05. The van der Waals surface area contributed by atoms with Gasteiger partial charge in [0.1, 0.15) is 5.75 Å². The molecular formula is C18H17ClN2O3. The number of hydrogen-bond donors (Lipinski definition) is 2. The summed E-state index contributed by atoms with van der Waals surface area (Å²) in [5.74, 6) is 0.00420. The van der Waals surface area contributed by atoms with Crippen LogP contribution in [0.15, 0.2) is 42.5 Å². The maximum absolute atomic E-state index is 12.1. The summed E-state index contributed by atoms with van der Waals surface area (Å²) < 4.78 is 5.65. The van der Waals surface area contributed by atoms with Crippen molar-refractivity contribution in [2.24, 2.45) is 0 Å². The van der Waals surface area contributed by atoms with Crippen LogP contribution in [0.5, 0.6) is 5.75 Å². The molecule has 0 saturated carbocycles. The Kier molecular flexibility index (Phi) is 4.71. The number of rotatable bonds is 4. The standard InChI is InChI=1S/C18H17ClN2O3/c1-11-5-6-15-14(7-11)21-18(23)16(24-15)9-17(22)20-10-12-3-2-4-13(19)8-12/h2-8,16H,9-10H2,1H3,(H,20,22)(H,21,23). The summed E-state index contributed by atoms with van der Waals surface area (Å²) in [6, 6.07) is 12.8. The predicted molar refractivity (Wildman–Crippen MR) is 92.1 cm³/mol. The van der Waals surface area contributed by atoms with Crippen molar-refractivity contribution in [1.29, 1.82) is 0 Å². The zero-order valence-electron chi connectivity index (χ0n) is 13.1. The molecule has 0 aliphatic carbocycles. The van der Waals surface area contributed by atoms with Gasteiger partial charge < -0.3 is 15.4 Å². The number of carbonyl (C=O) groups is 2. The highest BCUT2D eigenvalue weighted by Gasteiger charge is 2.29. The molecule has 2 N–H and O–H groups in total. The van der Waals surface area contributed by atoms with Crippen LogP contribution in [0.25, 0.3) is 0 Å². The molecule has 3 rings (SSSR count). The molecule has 0 fully saturated rings. The number of halogens is 1. The Morgan fingerprint density at radius 2 is 2.12 bits per heavy atom. The normalized spacial score (nSPS) is 15.9. The number of amides is 2. The van der Waals surface area contributed by atoms with Gasteiger partial charge in [0.05, 0.1) is 12.1 Å². The molecule has 0 bridgehead atoms. The van der Waals surface area contributed by atoms with E-state index in [9.17, 15) is 9.59 Å². The lowest BCUT2D eigenvalue weighted by molar-refractivity contribution is -0.130. The van der Waals surface area contributed by atoms with Gasteiger partial charge in [0.2, 0.25) is 5.91 Å². The highest BCUT2D eigenvalue weighted by molar-refractivity contribution is 6.30. The topological polar surface area (TPSA) is 67.4 Å². The van der Waals surface area contributed by atoms with E-state index in [1.807, 2.05) is 31.2 Å². The third-order valence-electron chi connectivity index (χ3n) is 3.70. The van der Waals surface area contributed by atoms with Gasteiger partial charge in [0.15, 0.2) is 6.10 Å². The molecule has 2 amide bonds. The first-order valence-corrected chi connectivity index (χ1v) is 7.98. The Hall–Kier alpha value is -2.53. The van der Waals surface area contributed by atoms with Crippen molar-refractivity contribution in [3.05, 3.63) is 58.6 Å². The van der Waals surface area contributed by atoms with Gasteiger partial charge in [-0.25, -0.2) is 0 Å². The van der Waals surface area contributed by atoms with Gasteiger partial charge in [-0.1, -0.05) is 29.8 Å². The number of benzene rings is 2. The van der Waals surface area contributed by atoms with Crippen LogP contribution < -0.4 is 15.4 Å². The van der Waals surface area contributed by atoms with Gasteiger partial charge in [-0.05, 0) is 42.3 Å². The monoisotopic (exact) mass is 344 g/mol. The van der Waals surface area contributed by atoms with Crippen LogP contribution in [0.3, 0.4) is 0 Å². The van der Waals surface area contributed by atoms with Crippen LogP contribution >= 0.6 is 11.6 Å². The van der Waals surface area contributed by atoms with Crippen LogP contribution in [0, 0.1) is 6.92 Å². The molecular weight excluding hydrogens is 328 g/mol. The lowest BCUT2D eigenvalue weighted by Gasteiger charge is -2.25. The molecule has 1 aliphatic heterocycles. The number of nitrogens with one attached hydrogen (secondary N) is 2. The van der Waals surface area contributed by atoms with Gasteiger partial charge >= 0.3 is 0 Å². The van der Waals surface area contributed by atoms with Crippen molar-refractivity contribution in [2.75, 3.05) is 5.32 Å². The van der Waals surface area contributed by atoms with Gasteiger partial charge in [-0.3, -0.25) is 9.59 Å². The van der Waals surface area contributed by atoms with Crippen LogP contribution in [-0.4, -0.2) is 17.9 Å². The van der Waals surface area contributed by atoms with E-state index in [0.29, 0.717) is 23.0 Å². The third kappa shape index (κ3) is 3.86. The molecule has 1 atom stereocenters. The molecule has 6 heteroatoms. The molecule has 0 saturated heterocycles.